The van der Waals surface area contributed by atoms with E-state index in [0.29, 0.717) is 18.0 Å². The maximum absolute atomic E-state index is 6.07. The molecule has 1 aromatic carbocycles. The van der Waals surface area contributed by atoms with E-state index in [2.05, 4.69) is 36.9 Å². The normalized spacial score (nSPS) is 22.7. The van der Waals surface area contributed by atoms with Crippen molar-refractivity contribution in [3.8, 4) is 5.75 Å². The van der Waals surface area contributed by atoms with Crippen LogP contribution in [0.1, 0.15) is 38.3 Å². The van der Waals surface area contributed by atoms with Crippen molar-refractivity contribution >= 4 is 12.4 Å². The fourth-order valence-corrected chi connectivity index (χ4v) is 2.93. The first-order valence-electron chi connectivity index (χ1n) is 7.25. The molecule has 0 spiro atoms. The monoisotopic (exact) mass is 298 g/mol. The molecule has 0 radical (unpaired) electrons. The maximum atomic E-state index is 6.07. The Morgan fingerprint density at radius 2 is 2.10 bits per heavy atom. The lowest BCUT2D eigenvalue weighted by molar-refractivity contribution is 0.121. The van der Waals surface area contributed by atoms with Crippen molar-refractivity contribution in [1.29, 1.82) is 0 Å². The second-order valence-electron chi connectivity index (χ2n) is 5.71. The number of piperidine rings is 1. The second kappa shape index (κ2) is 7.87. The van der Waals surface area contributed by atoms with E-state index in [0.717, 1.165) is 12.3 Å². The van der Waals surface area contributed by atoms with Crippen molar-refractivity contribution in [3.63, 3.8) is 0 Å². The lowest BCUT2D eigenvalue weighted by Crippen LogP contribution is -2.43. The van der Waals surface area contributed by atoms with E-state index in [1.165, 1.54) is 24.9 Å². The highest BCUT2D eigenvalue weighted by Crippen LogP contribution is 2.29. The van der Waals surface area contributed by atoms with Crippen molar-refractivity contribution < 1.29 is 4.74 Å². The van der Waals surface area contributed by atoms with Gasteiger partial charge in [0.1, 0.15) is 5.75 Å². The molecule has 2 rings (SSSR count). The molecule has 1 aliphatic heterocycles. The van der Waals surface area contributed by atoms with Crippen LogP contribution in [-0.4, -0.2) is 31.1 Å². The first kappa shape index (κ1) is 17.3. The molecule has 4 heteroatoms. The highest BCUT2D eigenvalue weighted by Gasteiger charge is 2.26. The van der Waals surface area contributed by atoms with E-state index in [1.807, 2.05) is 6.07 Å². The van der Waals surface area contributed by atoms with Crippen LogP contribution in [0.3, 0.4) is 0 Å². The van der Waals surface area contributed by atoms with Crippen molar-refractivity contribution in [2.24, 2.45) is 11.7 Å². The number of hydrogen-bond donors (Lipinski definition) is 1. The zero-order chi connectivity index (χ0) is 13.8. The van der Waals surface area contributed by atoms with Gasteiger partial charge in [0, 0.05) is 18.6 Å². The molecule has 3 unspecified atom stereocenters. The maximum Gasteiger partial charge on any atom is 0.119 e. The van der Waals surface area contributed by atoms with Gasteiger partial charge < -0.3 is 10.5 Å². The summed E-state index contributed by atoms with van der Waals surface area (Å²) in [5.41, 5.74) is 7.39. The van der Waals surface area contributed by atoms with E-state index >= 15 is 0 Å². The molecule has 1 heterocycles. The number of rotatable bonds is 4. The van der Waals surface area contributed by atoms with E-state index in [-0.39, 0.29) is 12.4 Å². The number of halogens is 1. The minimum absolute atomic E-state index is 0. The summed E-state index contributed by atoms with van der Waals surface area (Å²) in [5.74, 6) is 1.56. The lowest BCUT2D eigenvalue weighted by atomic mass is 9.90. The van der Waals surface area contributed by atoms with Crippen molar-refractivity contribution in [2.45, 2.75) is 38.8 Å². The standard InChI is InChI=1S/C16H26N2O.ClH/c1-12(17)15-7-5-9-18(11-15)13(2)14-6-4-8-16(10-14)19-3;/h4,6,8,10,12-13,15H,5,7,9,11,17H2,1-3H3;1H. The molecule has 0 saturated carbocycles. The van der Waals surface area contributed by atoms with Crippen molar-refractivity contribution in [1.82, 2.24) is 4.90 Å². The number of benzene rings is 1. The van der Waals surface area contributed by atoms with Gasteiger partial charge in [-0.3, -0.25) is 4.90 Å². The summed E-state index contributed by atoms with van der Waals surface area (Å²) in [6.07, 6.45) is 2.51. The number of hydrogen-bond acceptors (Lipinski definition) is 3. The first-order chi connectivity index (χ1) is 9.11. The van der Waals surface area contributed by atoms with E-state index in [4.69, 9.17) is 10.5 Å². The number of methoxy groups -OCH3 is 1. The average molecular weight is 299 g/mol. The first-order valence-corrected chi connectivity index (χ1v) is 7.25. The fourth-order valence-electron chi connectivity index (χ4n) is 2.93. The van der Waals surface area contributed by atoms with Crippen molar-refractivity contribution in [3.05, 3.63) is 29.8 Å². The number of nitrogens with zero attached hydrogens (tertiary/aromatic N) is 1. The SMILES string of the molecule is COc1cccc(C(C)N2CCCC(C(C)N)C2)c1.Cl. The highest BCUT2D eigenvalue weighted by atomic mass is 35.5. The predicted molar refractivity (Wildman–Crippen MR) is 86.6 cm³/mol. The van der Waals surface area contributed by atoms with Gasteiger partial charge in [0.2, 0.25) is 0 Å². The molecule has 0 aromatic heterocycles. The Morgan fingerprint density at radius 3 is 2.75 bits per heavy atom. The zero-order valence-corrected chi connectivity index (χ0v) is 13.5. The van der Waals surface area contributed by atoms with Gasteiger partial charge in [0.05, 0.1) is 7.11 Å². The summed E-state index contributed by atoms with van der Waals surface area (Å²) in [5, 5.41) is 0. The molecule has 2 N–H and O–H groups in total. The smallest absolute Gasteiger partial charge is 0.119 e. The van der Waals surface area contributed by atoms with Crippen LogP contribution in [0, 0.1) is 5.92 Å². The molecule has 3 atom stereocenters. The van der Waals surface area contributed by atoms with Gasteiger partial charge >= 0.3 is 0 Å². The van der Waals surface area contributed by atoms with Gasteiger partial charge in [-0.2, -0.15) is 0 Å². The Kier molecular flexibility index (Phi) is 6.80. The van der Waals surface area contributed by atoms with Crippen LogP contribution in [0.5, 0.6) is 5.75 Å². The summed E-state index contributed by atoms with van der Waals surface area (Å²) >= 11 is 0. The largest absolute Gasteiger partial charge is 0.497 e. The Labute approximate surface area is 128 Å². The third kappa shape index (κ3) is 4.11. The molecule has 1 saturated heterocycles. The molecule has 3 nitrogen and oxygen atoms in total. The van der Waals surface area contributed by atoms with Crippen LogP contribution < -0.4 is 10.5 Å². The van der Waals surface area contributed by atoms with Crippen LogP contribution in [0.2, 0.25) is 0 Å². The number of ether oxygens (including phenoxy) is 1. The molecule has 0 amide bonds. The van der Waals surface area contributed by atoms with E-state index in [1.54, 1.807) is 7.11 Å². The molecule has 20 heavy (non-hydrogen) atoms. The van der Waals surface area contributed by atoms with Gasteiger partial charge in [-0.25, -0.2) is 0 Å². The molecule has 0 aliphatic carbocycles. The average Bonchev–Trinajstić information content (AvgIpc) is 2.46. The quantitative estimate of drug-likeness (QED) is 0.927. The minimum atomic E-state index is 0. The number of nitrogens with two attached hydrogens (primary N) is 1. The third-order valence-electron chi connectivity index (χ3n) is 4.36. The van der Waals surface area contributed by atoms with Gasteiger partial charge in [0.25, 0.3) is 0 Å². The minimum Gasteiger partial charge on any atom is -0.497 e. The summed E-state index contributed by atoms with van der Waals surface area (Å²) in [6, 6.07) is 9.11. The van der Waals surface area contributed by atoms with Crippen LogP contribution in [0.15, 0.2) is 24.3 Å². The summed E-state index contributed by atoms with van der Waals surface area (Å²) in [4.78, 5) is 2.55. The van der Waals surface area contributed by atoms with Crippen LogP contribution in [-0.2, 0) is 0 Å². The van der Waals surface area contributed by atoms with Crippen molar-refractivity contribution in [2.75, 3.05) is 20.2 Å². The molecule has 114 valence electrons. The van der Waals surface area contributed by atoms with E-state index in [9.17, 15) is 0 Å². The topological polar surface area (TPSA) is 38.5 Å². The number of likely N-dealkylation sites (tertiary alicyclic amines) is 1. The van der Waals surface area contributed by atoms with E-state index < -0.39 is 0 Å². The van der Waals surface area contributed by atoms with Crippen LogP contribution >= 0.6 is 12.4 Å². The Balaban J connectivity index is 0.00000200. The fraction of sp³-hybridized carbons (Fsp3) is 0.625. The molecule has 0 bridgehead atoms. The molecular weight excluding hydrogens is 272 g/mol. The Morgan fingerprint density at radius 1 is 1.35 bits per heavy atom. The molecular formula is C16H27ClN2O. The van der Waals surface area contributed by atoms with Gasteiger partial charge in [0.15, 0.2) is 0 Å². The zero-order valence-electron chi connectivity index (χ0n) is 12.7. The van der Waals surface area contributed by atoms with Gasteiger partial charge in [-0.15, -0.1) is 12.4 Å². The molecule has 1 aliphatic rings. The van der Waals surface area contributed by atoms with Crippen LogP contribution in [0.4, 0.5) is 0 Å². The third-order valence-corrected chi connectivity index (χ3v) is 4.36. The predicted octanol–water partition coefficient (Wildman–Crippen LogP) is 3.24. The van der Waals surface area contributed by atoms with Gasteiger partial charge in [-0.1, -0.05) is 12.1 Å². The molecule has 1 fully saturated rings. The molecule has 1 aromatic rings. The Hall–Kier alpha value is -0.770. The second-order valence-corrected chi connectivity index (χ2v) is 5.71. The van der Waals surface area contributed by atoms with Crippen LogP contribution in [0.25, 0.3) is 0 Å². The lowest BCUT2D eigenvalue weighted by Gasteiger charge is -2.38. The highest BCUT2D eigenvalue weighted by molar-refractivity contribution is 5.85. The Bertz CT molecular complexity index is 411. The summed E-state index contributed by atoms with van der Waals surface area (Å²) in [6.45, 7) is 6.68. The summed E-state index contributed by atoms with van der Waals surface area (Å²) in [7, 11) is 1.72. The van der Waals surface area contributed by atoms with Gasteiger partial charge in [-0.05, 0) is 56.8 Å². The summed E-state index contributed by atoms with van der Waals surface area (Å²) < 4.78 is 5.31.